The van der Waals surface area contributed by atoms with Crippen LogP contribution in [0.3, 0.4) is 0 Å². The molecule has 0 aromatic heterocycles. The van der Waals surface area contributed by atoms with Crippen molar-refractivity contribution in [2.24, 2.45) is 17.6 Å². The average Bonchev–Trinajstić information content (AvgIpc) is 3.11. The van der Waals surface area contributed by atoms with Gasteiger partial charge in [0.25, 0.3) is 5.91 Å². The lowest BCUT2D eigenvalue weighted by molar-refractivity contribution is -0.132. The fourth-order valence-corrected chi connectivity index (χ4v) is 2.32. The zero-order valence-corrected chi connectivity index (χ0v) is 12.7. The van der Waals surface area contributed by atoms with Gasteiger partial charge in [0.2, 0.25) is 0 Å². The summed E-state index contributed by atoms with van der Waals surface area (Å²) >= 11 is 4.96. The van der Waals surface area contributed by atoms with E-state index in [4.69, 9.17) is 22.7 Å². The number of hydrogen-bond donors (Lipinski definition) is 1. The Kier molecular flexibility index (Phi) is 4.60. The summed E-state index contributed by atoms with van der Waals surface area (Å²) in [7, 11) is 1.82. The quantitative estimate of drug-likeness (QED) is 0.813. The third kappa shape index (κ3) is 3.70. The fourth-order valence-electron chi connectivity index (χ4n) is 2.15. The predicted octanol–water partition coefficient (Wildman–Crippen LogP) is 1.81. The van der Waals surface area contributed by atoms with Gasteiger partial charge in [-0.3, -0.25) is 4.79 Å². The number of nitrogens with zero attached hydrogens (tertiary/aromatic N) is 1. The van der Waals surface area contributed by atoms with Crippen molar-refractivity contribution < 1.29 is 9.53 Å². The van der Waals surface area contributed by atoms with Gasteiger partial charge in [0.05, 0.1) is 5.56 Å². The summed E-state index contributed by atoms with van der Waals surface area (Å²) in [5.74, 6) is 1.91. The van der Waals surface area contributed by atoms with Crippen molar-refractivity contribution in [1.29, 1.82) is 0 Å². The number of carbonyl (C=O) groups is 1. The van der Waals surface area contributed by atoms with Crippen LogP contribution >= 0.6 is 12.2 Å². The Balaban J connectivity index is 1.88. The summed E-state index contributed by atoms with van der Waals surface area (Å²) in [4.78, 5) is 14.0. The number of likely N-dealkylation sites (N-methyl/N-ethyl adjacent to an activating group) is 1. The molecule has 1 aliphatic rings. The lowest BCUT2D eigenvalue weighted by Gasteiger charge is -2.18. The van der Waals surface area contributed by atoms with Gasteiger partial charge in [-0.25, -0.2) is 0 Å². The molecule has 2 rings (SSSR count). The van der Waals surface area contributed by atoms with Crippen LogP contribution in [-0.4, -0.2) is 36.0 Å². The van der Waals surface area contributed by atoms with Crippen molar-refractivity contribution in [2.45, 2.75) is 13.3 Å². The van der Waals surface area contributed by atoms with Crippen LogP contribution < -0.4 is 10.5 Å². The summed E-state index contributed by atoms with van der Waals surface area (Å²) in [5.41, 5.74) is 6.29. The first kappa shape index (κ1) is 14.8. The third-order valence-corrected chi connectivity index (χ3v) is 3.93. The van der Waals surface area contributed by atoms with E-state index in [1.807, 2.05) is 19.2 Å². The van der Waals surface area contributed by atoms with E-state index in [0.29, 0.717) is 17.2 Å². The van der Waals surface area contributed by atoms with Crippen molar-refractivity contribution in [3.05, 3.63) is 29.8 Å². The van der Waals surface area contributed by atoms with E-state index in [-0.39, 0.29) is 17.5 Å². The Hall–Kier alpha value is -1.62. The second-order valence-electron chi connectivity index (χ2n) is 5.40. The van der Waals surface area contributed by atoms with E-state index < -0.39 is 0 Å². The number of para-hydroxylation sites is 1. The maximum absolute atomic E-state index is 12.0. The number of rotatable bonds is 6. The summed E-state index contributed by atoms with van der Waals surface area (Å²) in [6.07, 6.45) is 1.21. The van der Waals surface area contributed by atoms with Crippen LogP contribution in [0.5, 0.6) is 5.75 Å². The smallest absolute Gasteiger partial charge is 0.260 e. The summed E-state index contributed by atoms with van der Waals surface area (Å²) in [6.45, 7) is 3.02. The Morgan fingerprint density at radius 2 is 2.15 bits per heavy atom. The normalized spacial score (nSPS) is 20.3. The van der Waals surface area contributed by atoms with E-state index in [1.54, 1.807) is 17.0 Å². The molecule has 20 heavy (non-hydrogen) atoms. The molecule has 0 spiro atoms. The van der Waals surface area contributed by atoms with Gasteiger partial charge in [-0.1, -0.05) is 31.3 Å². The van der Waals surface area contributed by atoms with Gasteiger partial charge < -0.3 is 15.4 Å². The highest BCUT2D eigenvalue weighted by Crippen LogP contribution is 2.37. The minimum Gasteiger partial charge on any atom is -0.483 e. The molecule has 1 saturated carbocycles. The molecule has 2 unspecified atom stereocenters. The van der Waals surface area contributed by atoms with Crippen molar-refractivity contribution in [1.82, 2.24) is 4.90 Å². The highest BCUT2D eigenvalue weighted by molar-refractivity contribution is 7.80. The lowest BCUT2D eigenvalue weighted by Crippen LogP contribution is -2.33. The zero-order valence-electron chi connectivity index (χ0n) is 11.8. The van der Waals surface area contributed by atoms with Gasteiger partial charge >= 0.3 is 0 Å². The Morgan fingerprint density at radius 1 is 1.50 bits per heavy atom. The third-order valence-electron chi connectivity index (χ3n) is 3.71. The van der Waals surface area contributed by atoms with Crippen LogP contribution in [0.25, 0.3) is 0 Å². The van der Waals surface area contributed by atoms with Crippen LogP contribution in [0.2, 0.25) is 0 Å². The van der Waals surface area contributed by atoms with Gasteiger partial charge in [0.1, 0.15) is 10.7 Å². The maximum Gasteiger partial charge on any atom is 0.260 e. The molecule has 4 nitrogen and oxygen atoms in total. The molecule has 1 aliphatic carbocycles. The van der Waals surface area contributed by atoms with Gasteiger partial charge in [0, 0.05) is 13.6 Å². The number of nitrogens with two attached hydrogens (primary N) is 1. The second kappa shape index (κ2) is 6.22. The molecular weight excluding hydrogens is 272 g/mol. The molecule has 2 atom stereocenters. The number of carbonyl (C=O) groups excluding carboxylic acids is 1. The van der Waals surface area contributed by atoms with Crippen molar-refractivity contribution in [2.75, 3.05) is 20.2 Å². The first-order valence-corrected chi connectivity index (χ1v) is 7.15. The van der Waals surface area contributed by atoms with Gasteiger partial charge in [0.15, 0.2) is 6.61 Å². The van der Waals surface area contributed by atoms with Crippen LogP contribution in [0.4, 0.5) is 0 Å². The van der Waals surface area contributed by atoms with E-state index in [2.05, 4.69) is 6.92 Å². The number of ether oxygens (including phenoxy) is 1. The zero-order chi connectivity index (χ0) is 14.7. The lowest BCUT2D eigenvalue weighted by atomic mass is 10.2. The molecular formula is C15H20N2O2S. The molecule has 0 heterocycles. The number of benzene rings is 1. The first-order valence-electron chi connectivity index (χ1n) is 6.74. The summed E-state index contributed by atoms with van der Waals surface area (Å²) < 4.78 is 5.55. The minimum absolute atomic E-state index is 0.0111. The molecule has 108 valence electrons. The molecule has 0 bridgehead atoms. The van der Waals surface area contributed by atoms with E-state index >= 15 is 0 Å². The molecule has 1 amide bonds. The van der Waals surface area contributed by atoms with Crippen LogP contribution in [-0.2, 0) is 4.79 Å². The molecule has 0 saturated heterocycles. The van der Waals surface area contributed by atoms with Gasteiger partial charge in [-0.2, -0.15) is 0 Å². The molecule has 5 heteroatoms. The van der Waals surface area contributed by atoms with Gasteiger partial charge in [-0.15, -0.1) is 0 Å². The summed E-state index contributed by atoms with van der Waals surface area (Å²) in [6, 6.07) is 7.23. The molecule has 2 N–H and O–H groups in total. The monoisotopic (exact) mass is 292 g/mol. The van der Waals surface area contributed by atoms with Crippen molar-refractivity contribution >= 4 is 23.1 Å². The molecule has 1 aromatic carbocycles. The Bertz CT molecular complexity index is 518. The van der Waals surface area contributed by atoms with Crippen molar-refractivity contribution in [3.8, 4) is 5.75 Å². The number of thiocarbonyl (C=S) groups is 1. The number of amides is 1. The molecule has 1 fully saturated rings. The highest BCUT2D eigenvalue weighted by Gasteiger charge is 2.34. The molecule has 0 radical (unpaired) electrons. The fraction of sp³-hybridized carbons (Fsp3) is 0.467. The maximum atomic E-state index is 12.0. The van der Waals surface area contributed by atoms with E-state index in [1.165, 1.54) is 6.42 Å². The Morgan fingerprint density at radius 3 is 2.75 bits per heavy atom. The topological polar surface area (TPSA) is 55.6 Å². The van der Waals surface area contributed by atoms with Crippen LogP contribution in [0, 0.1) is 11.8 Å². The molecule has 1 aromatic rings. The Labute approximate surface area is 124 Å². The van der Waals surface area contributed by atoms with Crippen LogP contribution in [0.1, 0.15) is 18.9 Å². The second-order valence-corrected chi connectivity index (χ2v) is 5.84. The van der Waals surface area contributed by atoms with Crippen LogP contribution in [0.15, 0.2) is 24.3 Å². The van der Waals surface area contributed by atoms with Crippen molar-refractivity contribution in [3.63, 3.8) is 0 Å². The average molecular weight is 292 g/mol. The van der Waals surface area contributed by atoms with E-state index in [0.717, 1.165) is 12.5 Å². The van der Waals surface area contributed by atoms with E-state index in [9.17, 15) is 4.79 Å². The number of hydrogen-bond acceptors (Lipinski definition) is 3. The minimum atomic E-state index is -0.0261. The molecule has 0 aliphatic heterocycles. The SMILES string of the molecule is CC1CC1CN(C)C(=O)COc1ccccc1C(N)=S. The highest BCUT2D eigenvalue weighted by atomic mass is 32.1. The van der Waals surface area contributed by atoms with Gasteiger partial charge in [-0.05, 0) is 30.4 Å². The first-order chi connectivity index (χ1) is 9.49. The predicted molar refractivity (Wildman–Crippen MR) is 82.7 cm³/mol. The largest absolute Gasteiger partial charge is 0.483 e. The summed E-state index contributed by atoms with van der Waals surface area (Å²) in [5, 5.41) is 0. The standard InChI is InChI=1S/C15H20N2O2S/c1-10-7-11(10)8-17(2)14(18)9-19-13-6-4-3-5-12(13)15(16)20/h3-6,10-11H,7-9H2,1-2H3,(H2,16,20).